The molecule has 2 aromatic rings. The summed E-state index contributed by atoms with van der Waals surface area (Å²) in [7, 11) is 3.42. The average molecular weight is 282 g/mol. The molecule has 0 aliphatic heterocycles. The fraction of sp³-hybridized carbons (Fsp3) is 0.308. The molecule has 2 rings (SSSR count). The lowest BCUT2D eigenvalue weighted by Crippen LogP contribution is -2.02. The molecular weight excluding hydrogens is 266 g/mol. The summed E-state index contributed by atoms with van der Waals surface area (Å²) in [5.74, 6) is 1.08. The number of hydrogen-bond donors (Lipinski definition) is 1. The SMILES string of the molecule is COc1cc(CN)cc(Cl)c1OCc1ccn(C)n1. The Morgan fingerprint density at radius 2 is 2.21 bits per heavy atom. The number of hydrogen-bond acceptors (Lipinski definition) is 4. The zero-order chi connectivity index (χ0) is 13.8. The van der Waals surface area contributed by atoms with Crippen molar-refractivity contribution in [3.8, 4) is 11.5 Å². The van der Waals surface area contributed by atoms with Crippen LogP contribution in [0.1, 0.15) is 11.3 Å². The van der Waals surface area contributed by atoms with E-state index in [9.17, 15) is 0 Å². The van der Waals surface area contributed by atoms with Gasteiger partial charge in [0, 0.05) is 19.8 Å². The molecule has 1 heterocycles. The third-order valence-corrected chi connectivity index (χ3v) is 2.94. The molecule has 0 aliphatic carbocycles. The second kappa shape index (κ2) is 5.95. The van der Waals surface area contributed by atoms with Gasteiger partial charge in [-0.3, -0.25) is 4.68 Å². The van der Waals surface area contributed by atoms with E-state index in [0.717, 1.165) is 11.3 Å². The van der Waals surface area contributed by atoms with E-state index in [-0.39, 0.29) is 0 Å². The average Bonchev–Trinajstić information content (AvgIpc) is 2.82. The quantitative estimate of drug-likeness (QED) is 0.912. The Balaban J connectivity index is 2.19. The fourth-order valence-electron chi connectivity index (χ4n) is 1.72. The van der Waals surface area contributed by atoms with Crippen LogP contribution in [0.15, 0.2) is 24.4 Å². The van der Waals surface area contributed by atoms with E-state index in [2.05, 4.69) is 5.10 Å². The van der Waals surface area contributed by atoms with Crippen molar-refractivity contribution in [1.29, 1.82) is 0 Å². The molecule has 0 amide bonds. The normalized spacial score (nSPS) is 10.5. The van der Waals surface area contributed by atoms with Crippen molar-refractivity contribution < 1.29 is 9.47 Å². The van der Waals surface area contributed by atoms with Gasteiger partial charge in [-0.2, -0.15) is 5.10 Å². The number of methoxy groups -OCH3 is 1. The zero-order valence-corrected chi connectivity index (χ0v) is 11.6. The summed E-state index contributed by atoms with van der Waals surface area (Å²) in [6.07, 6.45) is 1.86. The molecule has 2 N–H and O–H groups in total. The topological polar surface area (TPSA) is 62.3 Å². The van der Waals surface area contributed by atoms with Crippen molar-refractivity contribution in [1.82, 2.24) is 9.78 Å². The molecular formula is C13H16ClN3O2. The van der Waals surface area contributed by atoms with Crippen molar-refractivity contribution in [2.45, 2.75) is 13.2 Å². The van der Waals surface area contributed by atoms with E-state index in [1.54, 1.807) is 17.9 Å². The van der Waals surface area contributed by atoms with Crippen LogP contribution in [0.5, 0.6) is 11.5 Å². The number of nitrogens with zero attached hydrogens (tertiary/aromatic N) is 2. The molecule has 0 fully saturated rings. The molecule has 1 aromatic carbocycles. The predicted molar refractivity (Wildman–Crippen MR) is 73.4 cm³/mol. The van der Waals surface area contributed by atoms with Crippen LogP contribution in [0.25, 0.3) is 0 Å². The summed E-state index contributed by atoms with van der Waals surface area (Å²) >= 11 is 6.18. The summed E-state index contributed by atoms with van der Waals surface area (Å²) in [4.78, 5) is 0. The molecule has 0 radical (unpaired) electrons. The molecule has 0 aliphatic rings. The van der Waals surface area contributed by atoms with Gasteiger partial charge in [-0.25, -0.2) is 0 Å². The summed E-state index contributed by atoms with van der Waals surface area (Å²) < 4.78 is 12.7. The number of nitrogens with two attached hydrogens (primary N) is 1. The number of aromatic nitrogens is 2. The van der Waals surface area contributed by atoms with E-state index < -0.39 is 0 Å². The molecule has 0 spiro atoms. The maximum absolute atomic E-state index is 6.18. The molecule has 102 valence electrons. The molecule has 0 saturated heterocycles. The molecule has 6 heteroatoms. The standard InChI is InChI=1S/C13H16ClN3O2/c1-17-4-3-10(16-17)8-19-13-11(14)5-9(7-15)6-12(13)18-2/h3-6H,7-8,15H2,1-2H3. The third kappa shape index (κ3) is 3.19. The van der Waals surface area contributed by atoms with E-state index in [1.807, 2.05) is 25.4 Å². The molecule has 0 bridgehead atoms. The van der Waals surface area contributed by atoms with Crippen molar-refractivity contribution in [2.24, 2.45) is 12.8 Å². The first-order valence-corrected chi connectivity index (χ1v) is 6.19. The Hall–Kier alpha value is -1.72. The van der Waals surface area contributed by atoms with E-state index in [4.69, 9.17) is 26.8 Å². The highest BCUT2D eigenvalue weighted by Gasteiger charge is 2.12. The van der Waals surface area contributed by atoms with Crippen LogP contribution < -0.4 is 15.2 Å². The number of halogens is 1. The summed E-state index contributed by atoms with van der Waals surface area (Å²) in [6, 6.07) is 5.48. The van der Waals surface area contributed by atoms with Gasteiger partial charge in [0.2, 0.25) is 0 Å². The lowest BCUT2D eigenvalue weighted by Gasteiger charge is -2.13. The van der Waals surface area contributed by atoms with Crippen LogP contribution in [-0.2, 0) is 20.2 Å². The van der Waals surface area contributed by atoms with E-state index in [1.165, 1.54) is 0 Å². The smallest absolute Gasteiger partial charge is 0.180 e. The molecule has 1 aromatic heterocycles. The highest BCUT2D eigenvalue weighted by atomic mass is 35.5. The maximum Gasteiger partial charge on any atom is 0.180 e. The fourth-order valence-corrected chi connectivity index (χ4v) is 2.01. The Morgan fingerprint density at radius 3 is 2.79 bits per heavy atom. The zero-order valence-electron chi connectivity index (χ0n) is 10.9. The van der Waals surface area contributed by atoms with Gasteiger partial charge in [0.15, 0.2) is 11.5 Å². The van der Waals surface area contributed by atoms with Gasteiger partial charge < -0.3 is 15.2 Å². The van der Waals surface area contributed by atoms with Gasteiger partial charge in [-0.05, 0) is 23.8 Å². The van der Waals surface area contributed by atoms with Gasteiger partial charge in [-0.15, -0.1) is 0 Å². The first-order chi connectivity index (χ1) is 9.13. The number of benzene rings is 1. The van der Waals surface area contributed by atoms with Crippen LogP contribution in [-0.4, -0.2) is 16.9 Å². The maximum atomic E-state index is 6.18. The Labute approximate surface area is 116 Å². The minimum atomic E-state index is 0.332. The predicted octanol–water partition coefficient (Wildman–Crippen LogP) is 2.12. The minimum absolute atomic E-state index is 0.332. The first-order valence-electron chi connectivity index (χ1n) is 5.82. The van der Waals surface area contributed by atoms with Crippen LogP contribution in [0, 0.1) is 0 Å². The van der Waals surface area contributed by atoms with Gasteiger partial charge in [0.05, 0.1) is 17.8 Å². The minimum Gasteiger partial charge on any atom is -0.493 e. The monoisotopic (exact) mass is 281 g/mol. The molecule has 0 saturated carbocycles. The number of aryl methyl sites for hydroxylation is 1. The second-order valence-electron chi connectivity index (χ2n) is 4.08. The van der Waals surface area contributed by atoms with Gasteiger partial charge in [0.25, 0.3) is 0 Å². The van der Waals surface area contributed by atoms with Crippen LogP contribution in [0.2, 0.25) is 5.02 Å². The van der Waals surface area contributed by atoms with Gasteiger partial charge >= 0.3 is 0 Å². The van der Waals surface area contributed by atoms with Crippen LogP contribution >= 0.6 is 11.6 Å². The van der Waals surface area contributed by atoms with E-state index in [0.29, 0.717) is 29.7 Å². The lowest BCUT2D eigenvalue weighted by atomic mass is 10.2. The third-order valence-electron chi connectivity index (χ3n) is 2.66. The van der Waals surface area contributed by atoms with Gasteiger partial charge in [-0.1, -0.05) is 11.6 Å². The highest BCUT2D eigenvalue weighted by Crippen LogP contribution is 2.36. The number of rotatable bonds is 5. The summed E-state index contributed by atoms with van der Waals surface area (Å²) in [6.45, 7) is 0.732. The Kier molecular flexibility index (Phi) is 4.29. The lowest BCUT2D eigenvalue weighted by molar-refractivity contribution is 0.280. The highest BCUT2D eigenvalue weighted by molar-refractivity contribution is 6.32. The second-order valence-corrected chi connectivity index (χ2v) is 4.49. The summed E-state index contributed by atoms with van der Waals surface area (Å²) in [5.41, 5.74) is 7.31. The Morgan fingerprint density at radius 1 is 1.42 bits per heavy atom. The van der Waals surface area contributed by atoms with Crippen LogP contribution in [0.3, 0.4) is 0 Å². The van der Waals surface area contributed by atoms with E-state index >= 15 is 0 Å². The summed E-state index contributed by atoms with van der Waals surface area (Å²) in [5, 5.41) is 4.71. The van der Waals surface area contributed by atoms with Crippen molar-refractivity contribution >= 4 is 11.6 Å². The Bertz CT molecular complexity index is 569. The van der Waals surface area contributed by atoms with Crippen molar-refractivity contribution in [3.63, 3.8) is 0 Å². The molecule has 0 unspecified atom stereocenters. The largest absolute Gasteiger partial charge is 0.493 e. The van der Waals surface area contributed by atoms with Crippen LogP contribution in [0.4, 0.5) is 0 Å². The van der Waals surface area contributed by atoms with Crippen molar-refractivity contribution in [3.05, 3.63) is 40.7 Å². The van der Waals surface area contributed by atoms with Gasteiger partial charge in [0.1, 0.15) is 6.61 Å². The first kappa shape index (κ1) is 13.7. The van der Waals surface area contributed by atoms with Crippen molar-refractivity contribution in [2.75, 3.05) is 7.11 Å². The molecule has 0 atom stereocenters. The molecule has 5 nitrogen and oxygen atoms in total. The number of ether oxygens (including phenoxy) is 2. The molecule has 19 heavy (non-hydrogen) atoms.